The summed E-state index contributed by atoms with van der Waals surface area (Å²) in [4.78, 5) is -0.572. The molecular weight excluding hydrogens is 464 g/mol. The Labute approximate surface area is 186 Å². The van der Waals surface area contributed by atoms with Crippen LogP contribution in [-0.4, -0.2) is 59.2 Å². The van der Waals surface area contributed by atoms with E-state index in [1.807, 2.05) is 36.4 Å². The van der Waals surface area contributed by atoms with E-state index in [1.54, 1.807) is 0 Å². The molecule has 2 fully saturated rings. The van der Waals surface area contributed by atoms with Gasteiger partial charge in [0.15, 0.2) is 5.79 Å². The van der Waals surface area contributed by atoms with Gasteiger partial charge in [0.1, 0.15) is 12.2 Å². The van der Waals surface area contributed by atoms with Crippen LogP contribution in [0.3, 0.4) is 0 Å². The van der Waals surface area contributed by atoms with Crippen LogP contribution in [-0.2, 0) is 9.16 Å². The van der Waals surface area contributed by atoms with Gasteiger partial charge in [-0.3, -0.25) is 0 Å². The quantitative estimate of drug-likeness (QED) is 0.437. The predicted molar refractivity (Wildman–Crippen MR) is 122 cm³/mol. The van der Waals surface area contributed by atoms with Crippen LogP contribution in [0.5, 0.6) is 0 Å². The molecule has 0 amide bonds. The SMILES string of the molecule is CC(C)(C)[Si](O[C@]12O[C@H]([C@@H](O)[C@H]1Br)[C@H](O)[C@H]2CO)(c1ccccc1)c1ccccc1. The predicted octanol–water partition coefficient (Wildman–Crippen LogP) is 1.77. The van der Waals surface area contributed by atoms with Crippen molar-refractivity contribution < 1.29 is 24.5 Å². The molecule has 162 valence electrons. The average Bonchev–Trinajstić information content (AvgIpc) is 3.16. The third-order valence-electron chi connectivity index (χ3n) is 6.53. The van der Waals surface area contributed by atoms with Crippen LogP contribution in [0.4, 0.5) is 0 Å². The monoisotopic (exact) mass is 492 g/mol. The minimum Gasteiger partial charge on any atom is -0.396 e. The molecule has 5 nitrogen and oxygen atoms in total. The van der Waals surface area contributed by atoms with Crippen molar-refractivity contribution in [2.75, 3.05) is 6.61 Å². The Balaban J connectivity index is 1.96. The molecule has 0 aromatic heterocycles. The van der Waals surface area contributed by atoms with Crippen molar-refractivity contribution >= 4 is 34.6 Å². The van der Waals surface area contributed by atoms with Gasteiger partial charge in [-0.25, -0.2) is 0 Å². The topological polar surface area (TPSA) is 79.2 Å². The zero-order chi connectivity index (χ0) is 21.7. The fourth-order valence-corrected chi connectivity index (χ4v) is 10.8. The van der Waals surface area contributed by atoms with Gasteiger partial charge in [0, 0.05) is 0 Å². The summed E-state index contributed by atoms with van der Waals surface area (Å²) in [7, 11) is -3.03. The third-order valence-corrected chi connectivity index (χ3v) is 12.7. The highest BCUT2D eigenvalue weighted by atomic mass is 79.9. The Bertz CT molecular complexity index is 835. The number of hydrogen-bond acceptors (Lipinski definition) is 5. The number of alkyl halides is 1. The molecule has 2 bridgehead atoms. The van der Waals surface area contributed by atoms with Gasteiger partial charge in [-0.15, -0.1) is 0 Å². The summed E-state index contributed by atoms with van der Waals surface area (Å²) in [6.07, 6.45) is -2.73. The highest BCUT2D eigenvalue weighted by molar-refractivity contribution is 9.09. The van der Waals surface area contributed by atoms with Gasteiger partial charge in [-0.2, -0.15) is 0 Å². The molecule has 2 aliphatic rings. The zero-order valence-electron chi connectivity index (χ0n) is 17.4. The van der Waals surface area contributed by atoms with Crippen molar-refractivity contribution in [3.63, 3.8) is 0 Å². The van der Waals surface area contributed by atoms with Gasteiger partial charge >= 0.3 is 0 Å². The molecule has 4 rings (SSSR count). The number of fused-ring (bicyclic) bond motifs is 2. The average molecular weight is 493 g/mol. The fourth-order valence-electron chi connectivity index (χ4n) is 5.06. The zero-order valence-corrected chi connectivity index (χ0v) is 20.0. The van der Waals surface area contributed by atoms with Crippen LogP contribution in [0.2, 0.25) is 5.04 Å². The van der Waals surface area contributed by atoms with Crippen LogP contribution in [0.25, 0.3) is 0 Å². The van der Waals surface area contributed by atoms with Gasteiger partial charge in [-0.1, -0.05) is 97.4 Å². The Kier molecular flexibility index (Phi) is 5.77. The van der Waals surface area contributed by atoms with E-state index in [-0.39, 0.29) is 11.6 Å². The van der Waals surface area contributed by atoms with Gasteiger partial charge < -0.3 is 24.5 Å². The van der Waals surface area contributed by atoms with Crippen molar-refractivity contribution in [1.29, 1.82) is 0 Å². The molecule has 0 aliphatic carbocycles. The summed E-state index contributed by atoms with van der Waals surface area (Å²) < 4.78 is 13.4. The van der Waals surface area contributed by atoms with Crippen molar-refractivity contribution in [3.8, 4) is 0 Å². The molecule has 2 saturated heterocycles. The number of aliphatic hydroxyl groups excluding tert-OH is 3. The number of benzene rings is 2. The number of rotatable bonds is 5. The molecule has 7 heteroatoms. The minimum absolute atomic E-state index is 0.301. The number of ether oxygens (including phenoxy) is 1. The van der Waals surface area contributed by atoms with Crippen molar-refractivity contribution in [2.45, 2.75) is 54.7 Å². The first-order valence-electron chi connectivity index (χ1n) is 10.3. The first-order valence-corrected chi connectivity index (χ1v) is 13.1. The van der Waals surface area contributed by atoms with E-state index in [4.69, 9.17) is 9.16 Å². The first kappa shape index (κ1) is 22.1. The Morgan fingerprint density at radius 2 is 1.47 bits per heavy atom. The molecular formula is C23H29BrO5Si. The summed E-state index contributed by atoms with van der Waals surface area (Å²) in [6.45, 7) is 6.16. The van der Waals surface area contributed by atoms with Gasteiger partial charge in [0.05, 0.1) is 23.5 Å². The minimum atomic E-state index is -3.03. The highest BCUT2D eigenvalue weighted by Crippen LogP contribution is 2.54. The second kappa shape index (κ2) is 7.81. The normalized spacial score (nSPS) is 33.8. The standard InChI is InChI=1S/C23H29BrO5Si/c1-22(2,3)30(15-10-6-4-7-11-15,16-12-8-5-9-13-16)29-23-17(14-25)18(26)20(28-23)19(27)21(23)24/h4-13,17-21,25-27H,14H2,1-3H3/t17-,18-,19-,20+,21-,23+/m1/s1. The molecule has 2 aromatic rings. The molecule has 0 spiro atoms. The van der Waals surface area contributed by atoms with Crippen molar-refractivity contribution in [1.82, 2.24) is 0 Å². The number of halogens is 1. The molecule has 6 atom stereocenters. The maximum absolute atomic E-state index is 10.7. The molecule has 30 heavy (non-hydrogen) atoms. The van der Waals surface area contributed by atoms with Gasteiger partial charge in [0.2, 0.25) is 0 Å². The molecule has 2 aliphatic heterocycles. The first-order chi connectivity index (χ1) is 14.2. The van der Waals surface area contributed by atoms with Crippen molar-refractivity contribution in [2.24, 2.45) is 5.92 Å². The number of hydrogen-bond donors (Lipinski definition) is 3. The lowest BCUT2D eigenvalue weighted by atomic mass is 9.83. The largest absolute Gasteiger partial charge is 0.396 e. The lowest BCUT2D eigenvalue weighted by molar-refractivity contribution is -0.169. The van der Waals surface area contributed by atoms with Crippen LogP contribution in [0, 0.1) is 5.92 Å². The third kappa shape index (κ3) is 3.06. The summed E-state index contributed by atoms with van der Waals surface area (Å²) in [5, 5.41) is 33.4. The summed E-state index contributed by atoms with van der Waals surface area (Å²) in [6, 6.07) is 20.2. The Hall–Kier alpha value is -1.06. The summed E-state index contributed by atoms with van der Waals surface area (Å²) in [5.41, 5.74) is 0. The van der Waals surface area contributed by atoms with Gasteiger partial charge in [-0.05, 0) is 15.4 Å². The van der Waals surface area contributed by atoms with Crippen LogP contribution in [0.1, 0.15) is 20.8 Å². The molecule has 2 heterocycles. The van der Waals surface area contributed by atoms with E-state index in [1.165, 1.54) is 0 Å². The molecule has 0 unspecified atom stereocenters. The smallest absolute Gasteiger partial charge is 0.264 e. The maximum Gasteiger partial charge on any atom is 0.264 e. The molecule has 0 radical (unpaired) electrons. The highest BCUT2D eigenvalue weighted by Gasteiger charge is 2.72. The fraction of sp³-hybridized carbons (Fsp3) is 0.478. The van der Waals surface area contributed by atoms with E-state index in [9.17, 15) is 15.3 Å². The van der Waals surface area contributed by atoms with E-state index in [0.29, 0.717) is 0 Å². The second-order valence-electron chi connectivity index (χ2n) is 9.24. The van der Waals surface area contributed by atoms with E-state index >= 15 is 0 Å². The Morgan fingerprint density at radius 3 is 1.90 bits per heavy atom. The van der Waals surface area contributed by atoms with E-state index in [0.717, 1.165) is 10.4 Å². The van der Waals surface area contributed by atoms with Gasteiger partial charge in [0.25, 0.3) is 8.32 Å². The Morgan fingerprint density at radius 1 is 0.967 bits per heavy atom. The van der Waals surface area contributed by atoms with Crippen LogP contribution in [0.15, 0.2) is 60.7 Å². The van der Waals surface area contributed by atoms with E-state index in [2.05, 4.69) is 61.0 Å². The summed E-state index contributed by atoms with van der Waals surface area (Å²) in [5.74, 6) is -2.01. The van der Waals surface area contributed by atoms with Crippen molar-refractivity contribution in [3.05, 3.63) is 60.7 Å². The lowest BCUT2D eigenvalue weighted by Crippen LogP contribution is -2.72. The van der Waals surface area contributed by atoms with E-state index < -0.39 is 43.2 Å². The molecule has 2 aromatic carbocycles. The summed E-state index contributed by atoms with van der Waals surface area (Å²) >= 11 is 3.59. The maximum atomic E-state index is 10.7. The molecule has 0 saturated carbocycles. The van der Waals surface area contributed by atoms with Crippen LogP contribution < -0.4 is 10.4 Å². The van der Waals surface area contributed by atoms with Crippen LogP contribution >= 0.6 is 15.9 Å². The second-order valence-corrected chi connectivity index (χ2v) is 14.4. The number of aliphatic hydroxyl groups is 3. The molecule has 3 N–H and O–H groups in total. The lowest BCUT2D eigenvalue weighted by Gasteiger charge is -2.50.